The van der Waals surface area contributed by atoms with Gasteiger partial charge in [0.2, 0.25) is 0 Å². The second-order valence-corrected chi connectivity index (χ2v) is 5.31. The molecule has 0 fully saturated rings. The lowest BCUT2D eigenvalue weighted by Crippen LogP contribution is -2.01. The average Bonchev–Trinajstić information content (AvgIpc) is 2.55. The van der Waals surface area contributed by atoms with Gasteiger partial charge in [-0.15, -0.1) is 0 Å². The van der Waals surface area contributed by atoms with E-state index in [4.69, 9.17) is 0 Å². The Hall–Kier alpha value is -2.19. The normalized spacial score (nSPS) is 12.5. The number of para-hydroxylation sites is 1. The van der Waals surface area contributed by atoms with Crippen LogP contribution in [-0.2, 0) is 6.42 Å². The zero-order valence-electron chi connectivity index (χ0n) is 12.2. The molecule has 0 aliphatic carbocycles. The maximum absolute atomic E-state index is 10.7. The van der Waals surface area contributed by atoms with Crippen LogP contribution < -0.4 is 0 Å². The van der Waals surface area contributed by atoms with Crippen molar-refractivity contribution in [1.82, 2.24) is 4.98 Å². The van der Waals surface area contributed by atoms with Gasteiger partial charge in [0.05, 0.1) is 5.52 Å². The van der Waals surface area contributed by atoms with Crippen molar-refractivity contribution in [3.63, 3.8) is 0 Å². The number of aromatic nitrogens is 1. The predicted octanol–water partition coefficient (Wildman–Crippen LogP) is 4.27. The molecule has 0 radical (unpaired) electrons. The number of aryl methyl sites for hydroxylation is 1. The van der Waals surface area contributed by atoms with Crippen LogP contribution in [-0.4, -0.2) is 10.1 Å². The van der Waals surface area contributed by atoms with E-state index in [1.54, 1.807) is 6.20 Å². The van der Waals surface area contributed by atoms with Crippen molar-refractivity contribution in [1.29, 1.82) is 0 Å². The molecule has 1 N–H and O–H groups in total. The standard InChI is InChI=1S/C19H19NO/c1-2-5-14-8-10-15(11-9-14)19(21)17-12-13-20-18-7-4-3-6-16(17)18/h3-4,6-13,19,21H,2,5H2,1H3. The molecule has 21 heavy (non-hydrogen) atoms. The highest BCUT2D eigenvalue weighted by atomic mass is 16.3. The third kappa shape index (κ3) is 2.81. The predicted molar refractivity (Wildman–Crippen MR) is 86.2 cm³/mol. The van der Waals surface area contributed by atoms with E-state index < -0.39 is 6.10 Å². The summed E-state index contributed by atoms with van der Waals surface area (Å²) in [6.45, 7) is 2.17. The Labute approximate surface area is 125 Å². The first-order valence-corrected chi connectivity index (χ1v) is 7.40. The van der Waals surface area contributed by atoms with Crippen molar-refractivity contribution in [2.75, 3.05) is 0 Å². The van der Waals surface area contributed by atoms with Gasteiger partial charge in [-0.1, -0.05) is 55.8 Å². The highest BCUT2D eigenvalue weighted by Crippen LogP contribution is 2.28. The maximum Gasteiger partial charge on any atom is 0.105 e. The molecule has 1 atom stereocenters. The summed E-state index contributed by atoms with van der Waals surface area (Å²) in [4.78, 5) is 4.35. The molecule has 3 aromatic rings. The van der Waals surface area contributed by atoms with E-state index in [9.17, 15) is 5.11 Å². The SMILES string of the molecule is CCCc1ccc(C(O)c2ccnc3ccccc23)cc1. The van der Waals surface area contributed by atoms with Gasteiger partial charge in [0.15, 0.2) is 0 Å². The summed E-state index contributed by atoms with van der Waals surface area (Å²) in [5, 5.41) is 11.7. The first-order valence-electron chi connectivity index (χ1n) is 7.40. The van der Waals surface area contributed by atoms with Crippen LogP contribution in [0.1, 0.15) is 36.1 Å². The maximum atomic E-state index is 10.7. The van der Waals surface area contributed by atoms with Gasteiger partial charge in [-0.05, 0) is 35.2 Å². The molecule has 0 aliphatic rings. The Kier molecular flexibility index (Phi) is 3.98. The third-order valence-electron chi connectivity index (χ3n) is 3.81. The molecule has 0 saturated heterocycles. The Bertz CT molecular complexity index is 729. The largest absolute Gasteiger partial charge is 0.384 e. The van der Waals surface area contributed by atoms with Gasteiger partial charge in [-0.25, -0.2) is 0 Å². The molecule has 0 aliphatic heterocycles. The molecule has 0 saturated carbocycles. The number of hydrogen-bond donors (Lipinski definition) is 1. The summed E-state index contributed by atoms with van der Waals surface area (Å²) < 4.78 is 0. The Balaban J connectivity index is 1.98. The van der Waals surface area contributed by atoms with E-state index in [1.807, 2.05) is 42.5 Å². The minimum atomic E-state index is -0.617. The second-order valence-electron chi connectivity index (χ2n) is 5.31. The lowest BCUT2D eigenvalue weighted by atomic mass is 9.97. The monoisotopic (exact) mass is 277 g/mol. The van der Waals surface area contributed by atoms with Gasteiger partial charge in [-0.2, -0.15) is 0 Å². The number of aliphatic hydroxyl groups is 1. The lowest BCUT2D eigenvalue weighted by Gasteiger charge is -2.14. The van der Waals surface area contributed by atoms with Crippen LogP contribution in [0, 0.1) is 0 Å². The Morgan fingerprint density at radius 2 is 1.76 bits per heavy atom. The summed E-state index contributed by atoms with van der Waals surface area (Å²) >= 11 is 0. The first-order chi connectivity index (χ1) is 10.3. The van der Waals surface area contributed by atoms with E-state index in [0.717, 1.165) is 34.9 Å². The van der Waals surface area contributed by atoms with E-state index in [-0.39, 0.29) is 0 Å². The topological polar surface area (TPSA) is 33.1 Å². The minimum Gasteiger partial charge on any atom is -0.384 e. The third-order valence-corrected chi connectivity index (χ3v) is 3.81. The van der Waals surface area contributed by atoms with Crippen molar-refractivity contribution < 1.29 is 5.11 Å². The van der Waals surface area contributed by atoms with E-state index >= 15 is 0 Å². The Morgan fingerprint density at radius 1 is 1.00 bits per heavy atom. The molecule has 3 rings (SSSR count). The number of rotatable bonds is 4. The molecule has 2 aromatic carbocycles. The highest BCUT2D eigenvalue weighted by Gasteiger charge is 2.13. The van der Waals surface area contributed by atoms with Gasteiger partial charge in [-0.3, -0.25) is 4.98 Å². The van der Waals surface area contributed by atoms with Gasteiger partial charge < -0.3 is 5.11 Å². The molecule has 106 valence electrons. The van der Waals surface area contributed by atoms with Crippen LogP contribution in [0.25, 0.3) is 10.9 Å². The first kappa shape index (κ1) is 13.8. The van der Waals surface area contributed by atoms with Gasteiger partial charge in [0.25, 0.3) is 0 Å². The summed E-state index contributed by atoms with van der Waals surface area (Å²) in [6.07, 6.45) is 3.35. The molecular weight excluding hydrogens is 258 g/mol. The van der Waals surface area contributed by atoms with Gasteiger partial charge in [0, 0.05) is 11.6 Å². The summed E-state index contributed by atoms with van der Waals surface area (Å²) in [5.41, 5.74) is 4.06. The summed E-state index contributed by atoms with van der Waals surface area (Å²) in [7, 11) is 0. The van der Waals surface area contributed by atoms with E-state index in [0.29, 0.717) is 0 Å². The van der Waals surface area contributed by atoms with Crippen LogP contribution in [0.4, 0.5) is 0 Å². The fraction of sp³-hybridized carbons (Fsp3) is 0.211. The minimum absolute atomic E-state index is 0.617. The van der Waals surface area contributed by atoms with Crippen molar-refractivity contribution in [3.8, 4) is 0 Å². The summed E-state index contributed by atoms with van der Waals surface area (Å²) in [6, 6.07) is 18.1. The zero-order chi connectivity index (χ0) is 14.7. The molecule has 1 heterocycles. The van der Waals surface area contributed by atoms with Crippen LogP contribution >= 0.6 is 0 Å². The van der Waals surface area contributed by atoms with Crippen LogP contribution in [0.2, 0.25) is 0 Å². The molecular formula is C19H19NO. The number of nitrogens with zero attached hydrogens (tertiary/aromatic N) is 1. The van der Waals surface area contributed by atoms with Crippen molar-refractivity contribution in [2.24, 2.45) is 0 Å². The Morgan fingerprint density at radius 3 is 2.52 bits per heavy atom. The van der Waals surface area contributed by atoms with Gasteiger partial charge in [0.1, 0.15) is 6.10 Å². The number of fused-ring (bicyclic) bond motifs is 1. The molecule has 2 heteroatoms. The lowest BCUT2D eigenvalue weighted by molar-refractivity contribution is 0.222. The van der Waals surface area contributed by atoms with Crippen LogP contribution in [0.5, 0.6) is 0 Å². The smallest absolute Gasteiger partial charge is 0.105 e. The van der Waals surface area contributed by atoms with Crippen LogP contribution in [0.15, 0.2) is 60.8 Å². The summed E-state index contributed by atoms with van der Waals surface area (Å²) in [5.74, 6) is 0. The zero-order valence-corrected chi connectivity index (χ0v) is 12.2. The average molecular weight is 277 g/mol. The molecule has 1 unspecified atom stereocenters. The van der Waals surface area contributed by atoms with Crippen LogP contribution in [0.3, 0.4) is 0 Å². The molecule has 0 spiro atoms. The molecule has 0 bridgehead atoms. The fourth-order valence-corrected chi connectivity index (χ4v) is 2.69. The second kappa shape index (κ2) is 6.06. The number of aliphatic hydroxyl groups excluding tert-OH is 1. The van der Waals surface area contributed by atoms with Crippen molar-refractivity contribution in [3.05, 3.63) is 77.5 Å². The quantitative estimate of drug-likeness (QED) is 0.772. The van der Waals surface area contributed by atoms with E-state index in [1.165, 1.54) is 5.56 Å². The molecule has 0 amide bonds. The van der Waals surface area contributed by atoms with Gasteiger partial charge >= 0.3 is 0 Å². The fourth-order valence-electron chi connectivity index (χ4n) is 2.69. The number of benzene rings is 2. The van der Waals surface area contributed by atoms with E-state index in [2.05, 4.69) is 24.0 Å². The van der Waals surface area contributed by atoms with Crippen molar-refractivity contribution >= 4 is 10.9 Å². The highest BCUT2D eigenvalue weighted by molar-refractivity contribution is 5.82. The molecule has 1 aromatic heterocycles. The number of pyridine rings is 1. The molecule has 2 nitrogen and oxygen atoms in total. The van der Waals surface area contributed by atoms with Crippen molar-refractivity contribution in [2.45, 2.75) is 25.9 Å². The number of hydrogen-bond acceptors (Lipinski definition) is 2.